The van der Waals surface area contributed by atoms with Crippen LogP contribution >= 0.6 is 0 Å². The molecule has 0 amide bonds. The van der Waals surface area contributed by atoms with Crippen LogP contribution in [-0.4, -0.2) is 34.4 Å². The molecule has 0 saturated carbocycles. The Bertz CT molecular complexity index is 568. The molecule has 1 aromatic heterocycles. The summed E-state index contributed by atoms with van der Waals surface area (Å²) in [6, 6.07) is -1.14. The molecule has 1 aromatic rings. The Labute approximate surface area is 126 Å². The average Bonchev–Trinajstić information content (AvgIpc) is 2.85. The lowest BCUT2D eigenvalue weighted by atomic mass is 10.0. The number of hydrogen-bond donors (Lipinski definition) is 1. The van der Waals surface area contributed by atoms with E-state index in [4.69, 9.17) is 0 Å². The van der Waals surface area contributed by atoms with Gasteiger partial charge < -0.3 is 0 Å². The summed E-state index contributed by atoms with van der Waals surface area (Å²) in [5.41, 5.74) is -5.56. The molecule has 1 heterocycles. The van der Waals surface area contributed by atoms with Crippen LogP contribution < -0.4 is 0 Å². The van der Waals surface area contributed by atoms with Gasteiger partial charge in [-0.3, -0.25) is 5.10 Å². The van der Waals surface area contributed by atoms with Crippen LogP contribution in [0.5, 0.6) is 0 Å². The normalized spacial score (nSPS) is 15.6. The fourth-order valence-electron chi connectivity index (χ4n) is 1.33. The highest BCUT2D eigenvalue weighted by atomic mass is 19.4. The van der Waals surface area contributed by atoms with E-state index in [1.807, 2.05) is 5.10 Å². The van der Waals surface area contributed by atoms with Crippen LogP contribution in [-0.2, 0) is 11.8 Å². The van der Waals surface area contributed by atoms with Crippen LogP contribution in [0.15, 0.2) is 6.07 Å². The van der Waals surface area contributed by atoms with Gasteiger partial charge in [0.2, 0.25) is 0 Å². The maximum Gasteiger partial charge on any atom is 0.460 e. The Morgan fingerprint density at radius 2 is 0.960 bits per heavy atom. The minimum Gasteiger partial charge on any atom is -0.276 e. The lowest BCUT2D eigenvalue weighted by Gasteiger charge is -2.27. The van der Waals surface area contributed by atoms with E-state index in [1.54, 1.807) is 0 Å². The zero-order valence-electron chi connectivity index (χ0n) is 10.8. The summed E-state index contributed by atoms with van der Waals surface area (Å²) in [5.74, 6) is -26.4. The van der Waals surface area contributed by atoms with Crippen LogP contribution in [0.2, 0.25) is 0 Å². The van der Waals surface area contributed by atoms with Gasteiger partial charge >= 0.3 is 36.0 Å². The molecular formula is C9H2F14N2. The Morgan fingerprint density at radius 3 is 1.32 bits per heavy atom. The molecule has 0 aliphatic rings. The summed E-state index contributed by atoms with van der Waals surface area (Å²) >= 11 is 0. The SMILES string of the molecule is FC(F)(F)C(F)(F)C(F)(F)c1cc(C(F)(F)C(F)(F)C(F)(F)F)[nH]n1. The monoisotopic (exact) mass is 404 g/mol. The van der Waals surface area contributed by atoms with Crippen LogP contribution in [0.4, 0.5) is 61.5 Å². The number of rotatable bonds is 4. The van der Waals surface area contributed by atoms with Gasteiger partial charge in [0, 0.05) is 0 Å². The second kappa shape index (κ2) is 5.36. The smallest absolute Gasteiger partial charge is 0.276 e. The van der Waals surface area contributed by atoms with Crippen molar-refractivity contribution in [1.82, 2.24) is 10.2 Å². The lowest BCUT2D eigenvalue weighted by molar-refractivity contribution is -0.361. The third-order valence-corrected chi connectivity index (χ3v) is 2.74. The Balaban J connectivity index is 3.41. The molecule has 0 radical (unpaired) electrons. The minimum absolute atomic E-state index is 0.493. The molecule has 0 bridgehead atoms. The Morgan fingerprint density at radius 1 is 0.600 bits per heavy atom. The lowest BCUT2D eigenvalue weighted by Crippen LogP contribution is -2.50. The molecule has 0 unspecified atom stereocenters. The molecule has 146 valence electrons. The van der Waals surface area contributed by atoms with Gasteiger partial charge in [0.25, 0.3) is 0 Å². The molecule has 1 rings (SSSR count). The molecule has 16 heteroatoms. The number of alkyl halides is 14. The minimum atomic E-state index is -6.91. The number of hydrogen-bond acceptors (Lipinski definition) is 1. The highest BCUT2D eigenvalue weighted by Gasteiger charge is 2.76. The maximum absolute atomic E-state index is 13.2. The van der Waals surface area contributed by atoms with E-state index in [-0.39, 0.29) is 0 Å². The van der Waals surface area contributed by atoms with Gasteiger partial charge in [0.05, 0.1) is 0 Å². The number of H-pyrrole nitrogens is 1. The molecule has 25 heavy (non-hydrogen) atoms. The number of halogens is 14. The van der Waals surface area contributed by atoms with E-state index < -0.39 is 53.5 Å². The van der Waals surface area contributed by atoms with Crippen molar-refractivity contribution in [3.63, 3.8) is 0 Å². The van der Waals surface area contributed by atoms with Crippen molar-refractivity contribution < 1.29 is 61.5 Å². The highest BCUT2D eigenvalue weighted by molar-refractivity contribution is 5.23. The van der Waals surface area contributed by atoms with E-state index in [0.717, 1.165) is 0 Å². The summed E-state index contributed by atoms with van der Waals surface area (Å²) < 4.78 is 175. The first-order valence-corrected chi connectivity index (χ1v) is 5.42. The van der Waals surface area contributed by atoms with Gasteiger partial charge in [-0.05, 0) is 6.07 Å². The molecule has 2 nitrogen and oxygen atoms in total. The van der Waals surface area contributed by atoms with Gasteiger partial charge in [0.15, 0.2) is 0 Å². The average molecular weight is 404 g/mol. The van der Waals surface area contributed by atoms with Crippen LogP contribution in [0.25, 0.3) is 0 Å². The van der Waals surface area contributed by atoms with Crippen molar-refractivity contribution in [2.24, 2.45) is 0 Å². The standard InChI is InChI=1S/C9H2F14N2/c10-4(11,6(14,15)8(18,19)20)2-1-3(25-24-2)5(12,13)7(16,17)9(21,22)23/h1H,(H,24,25). The number of nitrogens with one attached hydrogen (secondary N) is 1. The van der Waals surface area contributed by atoms with E-state index in [9.17, 15) is 61.5 Å². The third-order valence-electron chi connectivity index (χ3n) is 2.74. The summed E-state index contributed by atoms with van der Waals surface area (Å²) in [6.07, 6.45) is -13.8. The molecule has 0 atom stereocenters. The van der Waals surface area contributed by atoms with Crippen molar-refractivity contribution in [3.8, 4) is 0 Å². The Hall–Kier alpha value is -1.77. The quantitative estimate of drug-likeness (QED) is 0.705. The molecular weight excluding hydrogens is 402 g/mol. The summed E-state index contributed by atoms with van der Waals surface area (Å²) in [4.78, 5) is 0. The van der Waals surface area contributed by atoms with E-state index >= 15 is 0 Å². The third kappa shape index (κ3) is 2.98. The van der Waals surface area contributed by atoms with Crippen LogP contribution in [0.3, 0.4) is 0 Å². The topological polar surface area (TPSA) is 28.7 Å². The van der Waals surface area contributed by atoms with Gasteiger partial charge in [0.1, 0.15) is 11.4 Å². The van der Waals surface area contributed by atoms with Crippen LogP contribution in [0, 0.1) is 0 Å². The van der Waals surface area contributed by atoms with E-state index in [0.29, 0.717) is 5.10 Å². The fourth-order valence-corrected chi connectivity index (χ4v) is 1.33. The fraction of sp³-hybridized carbons (Fsp3) is 0.667. The summed E-state index contributed by atoms with van der Waals surface area (Å²) in [5, 5.41) is 2.39. The number of aromatic nitrogens is 2. The molecule has 1 N–H and O–H groups in total. The zero-order chi connectivity index (χ0) is 20.3. The largest absolute Gasteiger partial charge is 0.460 e. The second-order valence-electron chi connectivity index (χ2n) is 4.46. The Kier molecular flexibility index (Phi) is 4.56. The van der Waals surface area contributed by atoms with E-state index in [1.165, 1.54) is 0 Å². The van der Waals surface area contributed by atoms with Crippen molar-refractivity contribution >= 4 is 0 Å². The van der Waals surface area contributed by atoms with Gasteiger partial charge in [-0.25, -0.2) is 0 Å². The molecule has 0 aromatic carbocycles. The van der Waals surface area contributed by atoms with Crippen molar-refractivity contribution in [2.75, 3.05) is 0 Å². The number of aromatic amines is 1. The molecule has 0 spiro atoms. The van der Waals surface area contributed by atoms with Crippen molar-refractivity contribution in [3.05, 3.63) is 17.5 Å². The summed E-state index contributed by atoms with van der Waals surface area (Å²) in [6.45, 7) is 0. The molecule has 0 aliphatic carbocycles. The first-order valence-electron chi connectivity index (χ1n) is 5.42. The maximum atomic E-state index is 13.2. The molecule has 0 fully saturated rings. The van der Waals surface area contributed by atoms with Gasteiger partial charge in [-0.15, -0.1) is 0 Å². The predicted molar refractivity (Wildman–Crippen MR) is 48.4 cm³/mol. The number of nitrogens with zero attached hydrogens (tertiary/aromatic N) is 1. The second-order valence-corrected chi connectivity index (χ2v) is 4.46. The predicted octanol–water partition coefficient (Wildman–Crippen LogP) is 4.99. The van der Waals surface area contributed by atoms with Gasteiger partial charge in [-0.2, -0.15) is 66.6 Å². The zero-order valence-corrected chi connectivity index (χ0v) is 10.8. The molecule has 0 saturated heterocycles. The van der Waals surface area contributed by atoms with E-state index in [2.05, 4.69) is 0 Å². The van der Waals surface area contributed by atoms with Crippen molar-refractivity contribution in [2.45, 2.75) is 36.0 Å². The van der Waals surface area contributed by atoms with Crippen molar-refractivity contribution in [1.29, 1.82) is 0 Å². The molecule has 0 aliphatic heterocycles. The first kappa shape index (κ1) is 21.3. The highest BCUT2D eigenvalue weighted by Crippen LogP contribution is 2.54. The van der Waals surface area contributed by atoms with Gasteiger partial charge in [-0.1, -0.05) is 0 Å². The first-order chi connectivity index (χ1) is 10.7. The summed E-state index contributed by atoms with van der Waals surface area (Å²) in [7, 11) is 0. The van der Waals surface area contributed by atoms with Crippen LogP contribution in [0.1, 0.15) is 11.4 Å².